The standard InChI is InChI=1S/C42H29N3O2/c1-42(2)33-19-10-9-18-31(33)32-24-37-38(25-34(32)42)46-35-21-20-29(23-36(35)47-37)28-16-11-17-30(22-28)41-44-39(26-12-5-3-6-13-26)43-40(45-41)27-14-7-4-8-15-27/h3-25H,1-2H3. The molecule has 7 aromatic rings. The van der Waals surface area contributed by atoms with E-state index in [4.69, 9.17) is 24.4 Å². The SMILES string of the molecule is CC1(C)c2ccccc2-c2cc3c(cc21)Oc1ccc(-c2cccc(-c4nc(-c5ccccc5)nc(-c5ccccc5)n4)c2)cc1O3. The molecule has 0 spiro atoms. The van der Waals surface area contributed by atoms with Crippen molar-refractivity contribution < 1.29 is 9.47 Å². The molecule has 5 nitrogen and oxygen atoms in total. The molecule has 0 N–H and O–H groups in total. The van der Waals surface area contributed by atoms with E-state index >= 15 is 0 Å². The average Bonchev–Trinajstić information content (AvgIpc) is 3.35. The molecule has 0 saturated carbocycles. The molecule has 1 aromatic heterocycles. The smallest absolute Gasteiger partial charge is 0.170 e. The van der Waals surface area contributed by atoms with Gasteiger partial charge in [-0.2, -0.15) is 0 Å². The van der Waals surface area contributed by atoms with Crippen molar-refractivity contribution in [2.24, 2.45) is 0 Å². The average molecular weight is 608 g/mol. The number of ether oxygens (including phenoxy) is 2. The van der Waals surface area contributed by atoms with Gasteiger partial charge in [0, 0.05) is 22.1 Å². The van der Waals surface area contributed by atoms with Gasteiger partial charge in [-0.05, 0) is 63.7 Å². The first-order chi connectivity index (χ1) is 23.0. The molecule has 47 heavy (non-hydrogen) atoms. The molecule has 0 amide bonds. The summed E-state index contributed by atoms with van der Waals surface area (Å²) < 4.78 is 13.0. The molecular weight excluding hydrogens is 578 g/mol. The molecule has 2 aliphatic rings. The van der Waals surface area contributed by atoms with E-state index in [2.05, 4.69) is 68.4 Å². The predicted molar refractivity (Wildman–Crippen MR) is 186 cm³/mol. The van der Waals surface area contributed by atoms with Crippen LogP contribution in [0.4, 0.5) is 0 Å². The summed E-state index contributed by atoms with van der Waals surface area (Å²) >= 11 is 0. The van der Waals surface area contributed by atoms with Gasteiger partial charge in [0.1, 0.15) is 0 Å². The number of rotatable bonds is 4. The number of hydrogen-bond donors (Lipinski definition) is 0. The Morgan fingerprint density at radius 3 is 1.64 bits per heavy atom. The van der Waals surface area contributed by atoms with Crippen LogP contribution in [0.5, 0.6) is 23.0 Å². The molecular formula is C42H29N3O2. The molecule has 6 aromatic carbocycles. The van der Waals surface area contributed by atoms with Crippen molar-refractivity contribution in [2.75, 3.05) is 0 Å². The Kier molecular flexibility index (Phi) is 6.09. The van der Waals surface area contributed by atoms with Gasteiger partial charge in [-0.3, -0.25) is 0 Å². The third-order valence-electron chi connectivity index (χ3n) is 9.18. The van der Waals surface area contributed by atoms with Crippen molar-refractivity contribution >= 4 is 0 Å². The minimum absolute atomic E-state index is 0.109. The van der Waals surface area contributed by atoms with Crippen LogP contribution in [-0.4, -0.2) is 15.0 Å². The summed E-state index contributed by atoms with van der Waals surface area (Å²) in [5, 5.41) is 0. The van der Waals surface area contributed by atoms with Crippen molar-refractivity contribution in [1.82, 2.24) is 15.0 Å². The zero-order valence-electron chi connectivity index (χ0n) is 25.9. The maximum atomic E-state index is 6.53. The van der Waals surface area contributed by atoms with Crippen molar-refractivity contribution in [3.05, 3.63) is 151 Å². The molecule has 5 heteroatoms. The number of aromatic nitrogens is 3. The highest BCUT2D eigenvalue weighted by atomic mass is 16.6. The fourth-order valence-corrected chi connectivity index (χ4v) is 6.73. The largest absolute Gasteiger partial charge is 0.450 e. The molecule has 1 aliphatic carbocycles. The third kappa shape index (κ3) is 4.59. The fraction of sp³-hybridized carbons (Fsp3) is 0.0714. The van der Waals surface area contributed by atoms with Crippen LogP contribution >= 0.6 is 0 Å². The normalized spacial score (nSPS) is 13.4. The molecule has 224 valence electrons. The summed E-state index contributed by atoms with van der Waals surface area (Å²) in [7, 11) is 0. The first-order valence-corrected chi connectivity index (χ1v) is 15.8. The molecule has 0 bridgehead atoms. The number of hydrogen-bond acceptors (Lipinski definition) is 5. The van der Waals surface area contributed by atoms with Gasteiger partial charge in [-0.25, -0.2) is 15.0 Å². The first-order valence-electron chi connectivity index (χ1n) is 15.8. The van der Waals surface area contributed by atoms with Gasteiger partial charge in [0.15, 0.2) is 40.5 Å². The summed E-state index contributed by atoms with van der Waals surface area (Å²) in [6.07, 6.45) is 0. The van der Waals surface area contributed by atoms with Gasteiger partial charge in [0.25, 0.3) is 0 Å². The number of fused-ring (bicyclic) bond motifs is 5. The van der Waals surface area contributed by atoms with E-state index in [1.807, 2.05) is 84.9 Å². The maximum Gasteiger partial charge on any atom is 0.170 e. The Labute approximate surface area is 273 Å². The van der Waals surface area contributed by atoms with Crippen LogP contribution < -0.4 is 9.47 Å². The molecule has 9 rings (SSSR count). The Balaban J connectivity index is 1.08. The summed E-state index contributed by atoms with van der Waals surface area (Å²) in [4.78, 5) is 14.7. The fourth-order valence-electron chi connectivity index (χ4n) is 6.73. The molecule has 1 aliphatic heterocycles. The van der Waals surface area contributed by atoms with E-state index in [0.717, 1.165) is 39.3 Å². The van der Waals surface area contributed by atoms with Crippen molar-refractivity contribution in [2.45, 2.75) is 19.3 Å². The first kappa shape index (κ1) is 27.3. The third-order valence-corrected chi connectivity index (χ3v) is 9.18. The van der Waals surface area contributed by atoms with Crippen LogP contribution in [0.1, 0.15) is 25.0 Å². The van der Waals surface area contributed by atoms with Crippen LogP contribution in [0.2, 0.25) is 0 Å². The summed E-state index contributed by atoms with van der Waals surface area (Å²) in [5.41, 5.74) is 9.71. The predicted octanol–water partition coefficient (Wildman–Crippen LogP) is 10.7. The van der Waals surface area contributed by atoms with E-state index in [9.17, 15) is 0 Å². The second kappa shape index (κ2) is 10.5. The maximum absolute atomic E-state index is 6.53. The van der Waals surface area contributed by atoms with Crippen molar-refractivity contribution in [3.63, 3.8) is 0 Å². The second-order valence-corrected chi connectivity index (χ2v) is 12.5. The summed E-state index contributed by atoms with van der Waals surface area (Å²) in [6.45, 7) is 4.54. The van der Waals surface area contributed by atoms with Gasteiger partial charge in [0.05, 0.1) is 0 Å². The lowest BCUT2D eigenvalue weighted by Crippen LogP contribution is -2.15. The summed E-state index contributed by atoms with van der Waals surface area (Å²) in [5.74, 6) is 4.73. The monoisotopic (exact) mass is 607 g/mol. The van der Waals surface area contributed by atoms with Crippen LogP contribution in [-0.2, 0) is 5.41 Å². The Morgan fingerprint density at radius 2 is 0.915 bits per heavy atom. The topological polar surface area (TPSA) is 57.1 Å². The minimum atomic E-state index is -0.109. The van der Waals surface area contributed by atoms with E-state index in [-0.39, 0.29) is 5.41 Å². The van der Waals surface area contributed by atoms with Gasteiger partial charge >= 0.3 is 0 Å². The van der Waals surface area contributed by atoms with Gasteiger partial charge in [-0.15, -0.1) is 0 Å². The molecule has 0 radical (unpaired) electrons. The van der Waals surface area contributed by atoms with Crippen LogP contribution in [0.3, 0.4) is 0 Å². The highest BCUT2D eigenvalue weighted by molar-refractivity contribution is 5.84. The Bertz CT molecular complexity index is 2270. The van der Waals surface area contributed by atoms with Crippen LogP contribution in [0.15, 0.2) is 140 Å². The second-order valence-electron chi connectivity index (χ2n) is 12.5. The van der Waals surface area contributed by atoms with E-state index < -0.39 is 0 Å². The quantitative estimate of drug-likeness (QED) is 0.199. The van der Waals surface area contributed by atoms with E-state index in [0.29, 0.717) is 29.0 Å². The van der Waals surface area contributed by atoms with E-state index in [1.54, 1.807) is 0 Å². The molecule has 0 atom stereocenters. The Morgan fingerprint density at radius 1 is 0.383 bits per heavy atom. The zero-order valence-corrected chi connectivity index (χ0v) is 25.9. The zero-order chi connectivity index (χ0) is 31.5. The van der Waals surface area contributed by atoms with E-state index in [1.165, 1.54) is 22.3 Å². The highest BCUT2D eigenvalue weighted by Crippen LogP contribution is 2.55. The van der Waals surface area contributed by atoms with Gasteiger partial charge in [0.2, 0.25) is 0 Å². The van der Waals surface area contributed by atoms with Crippen LogP contribution in [0, 0.1) is 0 Å². The molecule has 2 heterocycles. The van der Waals surface area contributed by atoms with Crippen molar-refractivity contribution in [1.29, 1.82) is 0 Å². The molecule has 0 unspecified atom stereocenters. The van der Waals surface area contributed by atoms with Crippen LogP contribution in [0.25, 0.3) is 56.4 Å². The lowest BCUT2D eigenvalue weighted by atomic mass is 9.82. The number of benzene rings is 6. The number of nitrogens with zero attached hydrogens (tertiary/aromatic N) is 3. The molecule has 0 fully saturated rings. The van der Waals surface area contributed by atoms with Crippen molar-refractivity contribution in [3.8, 4) is 79.4 Å². The Hall–Kier alpha value is -6.07. The summed E-state index contributed by atoms with van der Waals surface area (Å²) in [6, 6.07) is 47.3. The lowest BCUT2D eigenvalue weighted by molar-refractivity contribution is 0.359. The lowest BCUT2D eigenvalue weighted by Gasteiger charge is -2.25. The van der Waals surface area contributed by atoms with Gasteiger partial charge in [-0.1, -0.05) is 123 Å². The molecule has 0 saturated heterocycles. The van der Waals surface area contributed by atoms with Gasteiger partial charge < -0.3 is 9.47 Å². The minimum Gasteiger partial charge on any atom is -0.450 e. The highest BCUT2D eigenvalue weighted by Gasteiger charge is 2.37.